The quantitative estimate of drug-likeness (QED) is 0.274. The highest BCUT2D eigenvalue weighted by molar-refractivity contribution is 8.20. The fraction of sp³-hybridized carbons (Fsp3) is 0.138. The lowest BCUT2D eigenvalue weighted by atomic mass is 9.98. The molecule has 0 saturated heterocycles. The van der Waals surface area contributed by atoms with Gasteiger partial charge in [0, 0.05) is 21.7 Å². The average molecular weight is 500 g/mol. The lowest BCUT2D eigenvalue weighted by Gasteiger charge is -2.30. The molecule has 0 bridgehead atoms. The van der Waals surface area contributed by atoms with Gasteiger partial charge in [-0.2, -0.15) is 0 Å². The minimum atomic E-state index is -2.52. The van der Waals surface area contributed by atoms with Gasteiger partial charge in [-0.25, -0.2) is 4.79 Å². The number of carbonyl (C=O) groups is 1. The average Bonchev–Trinajstić information content (AvgIpc) is 3.28. The summed E-state index contributed by atoms with van der Waals surface area (Å²) in [7, 11) is 0. The summed E-state index contributed by atoms with van der Waals surface area (Å²) in [6.07, 6.45) is -3.36. The summed E-state index contributed by atoms with van der Waals surface area (Å²) < 4.78 is 11.8. The maximum absolute atomic E-state index is 13.1. The van der Waals surface area contributed by atoms with Crippen molar-refractivity contribution in [3.63, 3.8) is 0 Å². The number of esters is 1. The maximum atomic E-state index is 13.1. The number of rotatable bonds is 7. The number of para-hydroxylation sites is 1. The van der Waals surface area contributed by atoms with Gasteiger partial charge in [-0.3, -0.25) is 5.09 Å². The first-order valence-corrected chi connectivity index (χ1v) is 14.4. The first-order valence-electron chi connectivity index (χ1n) is 11.6. The van der Waals surface area contributed by atoms with E-state index in [0.717, 1.165) is 27.3 Å². The fourth-order valence-electron chi connectivity index (χ4n) is 4.45. The van der Waals surface area contributed by atoms with Crippen molar-refractivity contribution in [2.45, 2.75) is 19.1 Å². The second-order valence-corrected chi connectivity index (χ2v) is 12.4. The Hall–Kier alpha value is -3.24. The third-order valence-corrected chi connectivity index (χ3v) is 10.4. The predicted molar refractivity (Wildman–Crippen MR) is 145 cm³/mol. The van der Waals surface area contributed by atoms with E-state index in [1.54, 1.807) is 6.92 Å². The minimum absolute atomic E-state index is 0.277. The Morgan fingerprint density at radius 2 is 1.43 bits per heavy atom. The third-order valence-electron chi connectivity index (χ3n) is 6.09. The Balaban J connectivity index is 1.64. The van der Waals surface area contributed by atoms with Crippen molar-refractivity contribution in [1.82, 2.24) is 5.09 Å². The van der Waals surface area contributed by atoms with Crippen molar-refractivity contribution in [3.8, 4) is 16.9 Å². The monoisotopic (exact) mass is 499 g/mol. The van der Waals surface area contributed by atoms with Crippen LogP contribution in [-0.4, -0.2) is 18.7 Å². The SMILES string of the molecule is CCOC(=O)[C@H]1Oc2c(-c3ccccc3)cccc2[C@H]1NP(=S)(c1ccccc1)c1ccccc1. The predicted octanol–water partition coefficient (Wildman–Crippen LogP) is 5.35. The zero-order valence-corrected chi connectivity index (χ0v) is 21.0. The zero-order valence-electron chi connectivity index (χ0n) is 19.3. The molecule has 1 aliphatic rings. The Morgan fingerprint density at radius 3 is 2.00 bits per heavy atom. The highest BCUT2D eigenvalue weighted by Crippen LogP contribution is 2.49. The van der Waals surface area contributed by atoms with Gasteiger partial charge in [-0.05, 0) is 12.5 Å². The number of nitrogens with one attached hydrogen (secondary N) is 1. The fourth-order valence-corrected chi connectivity index (χ4v) is 7.97. The van der Waals surface area contributed by atoms with E-state index in [0.29, 0.717) is 5.75 Å². The van der Waals surface area contributed by atoms with Crippen molar-refractivity contribution < 1.29 is 14.3 Å². The van der Waals surface area contributed by atoms with Crippen LogP contribution in [0.2, 0.25) is 0 Å². The molecule has 0 spiro atoms. The lowest BCUT2D eigenvalue weighted by Crippen LogP contribution is -2.40. The van der Waals surface area contributed by atoms with E-state index in [2.05, 4.69) is 29.4 Å². The van der Waals surface area contributed by atoms with Gasteiger partial charge >= 0.3 is 5.97 Å². The Morgan fingerprint density at radius 1 is 0.857 bits per heavy atom. The molecule has 5 rings (SSSR count). The molecule has 4 nitrogen and oxygen atoms in total. The Bertz CT molecular complexity index is 1320. The molecule has 1 heterocycles. The third kappa shape index (κ3) is 4.55. The Kier molecular flexibility index (Phi) is 6.83. The van der Waals surface area contributed by atoms with E-state index in [1.165, 1.54) is 0 Å². The van der Waals surface area contributed by atoms with Crippen LogP contribution in [0.25, 0.3) is 11.1 Å². The Labute approximate surface area is 211 Å². The highest BCUT2D eigenvalue weighted by atomic mass is 32.4. The van der Waals surface area contributed by atoms with Crippen LogP contribution in [0, 0.1) is 0 Å². The molecule has 0 amide bonds. The molecule has 35 heavy (non-hydrogen) atoms. The molecule has 0 radical (unpaired) electrons. The van der Waals surface area contributed by atoms with Crippen LogP contribution in [0.3, 0.4) is 0 Å². The highest BCUT2D eigenvalue weighted by Gasteiger charge is 2.44. The molecule has 4 aromatic rings. The number of carbonyl (C=O) groups excluding carboxylic acids is 1. The number of hydrogen-bond acceptors (Lipinski definition) is 4. The smallest absolute Gasteiger partial charge is 0.349 e. The summed E-state index contributed by atoms with van der Waals surface area (Å²) in [6, 6.07) is 35.8. The molecule has 0 unspecified atom stereocenters. The zero-order chi connectivity index (χ0) is 24.3. The molecular formula is C29H26NO3PS. The van der Waals surface area contributed by atoms with Crippen molar-refractivity contribution in [2.24, 2.45) is 0 Å². The first kappa shape index (κ1) is 23.5. The van der Waals surface area contributed by atoms with Crippen molar-refractivity contribution >= 4 is 34.6 Å². The van der Waals surface area contributed by atoms with E-state index < -0.39 is 24.3 Å². The van der Waals surface area contributed by atoms with Crippen LogP contribution >= 0.6 is 6.19 Å². The first-order chi connectivity index (χ1) is 17.1. The molecule has 1 aliphatic heterocycles. The number of hydrogen-bond donors (Lipinski definition) is 1. The van der Waals surface area contributed by atoms with Gasteiger partial charge in [0.2, 0.25) is 6.10 Å². The molecule has 0 aliphatic carbocycles. The van der Waals surface area contributed by atoms with E-state index in [1.807, 2.05) is 84.9 Å². The summed E-state index contributed by atoms with van der Waals surface area (Å²) in [5.41, 5.74) is 2.87. The maximum Gasteiger partial charge on any atom is 0.349 e. The minimum Gasteiger partial charge on any atom is -0.476 e. The second-order valence-electron chi connectivity index (χ2n) is 8.27. The van der Waals surface area contributed by atoms with Gasteiger partial charge in [0.1, 0.15) is 5.75 Å². The summed E-state index contributed by atoms with van der Waals surface area (Å²) >= 11 is 6.42. The molecule has 6 heteroatoms. The normalized spacial score (nSPS) is 16.8. The van der Waals surface area contributed by atoms with Gasteiger partial charge in [0.15, 0.2) is 0 Å². The van der Waals surface area contributed by atoms with E-state index in [9.17, 15) is 4.79 Å². The van der Waals surface area contributed by atoms with Gasteiger partial charge in [-0.15, -0.1) is 0 Å². The summed E-state index contributed by atoms with van der Waals surface area (Å²) in [5, 5.41) is 5.80. The number of fused-ring (bicyclic) bond motifs is 1. The van der Waals surface area contributed by atoms with Crippen LogP contribution in [0.5, 0.6) is 5.75 Å². The molecular weight excluding hydrogens is 473 g/mol. The molecule has 2 atom stereocenters. The van der Waals surface area contributed by atoms with Gasteiger partial charge in [-0.1, -0.05) is 121 Å². The topological polar surface area (TPSA) is 47.6 Å². The van der Waals surface area contributed by atoms with Crippen molar-refractivity contribution in [3.05, 3.63) is 115 Å². The molecule has 0 fully saturated rings. The van der Waals surface area contributed by atoms with Crippen LogP contribution in [0.15, 0.2) is 109 Å². The molecule has 176 valence electrons. The van der Waals surface area contributed by atoms with E-state index in [-0.39, 0.29) is 6.61 Å². The summed E-state index contributed by atoms with van der Waals surface area (Å²) in [6.45, 7) is 2.08. The van der Waals surface area contributed by atoms with Crippen molar-refractivity contribution in [2.75, 3.05) is 6.61 Å². The number of ether oxygens (including phenoxy) is 2. The number of benzene rings is 4. The van der Waals surface area contributed by atoms with Gasteiger partial charge in [0.05, 0.1) is 18.8 Å². The van der Waals surface area contributed by atoms with Crippen LogP contribution in [0.4, 0.5) is 0 Å². The second kappa shape index (κ2) is 10.2. The molecule has 1 N–H and O–H groups in total. The van der Waals surface area contributed by atoms with E-state index in [4.69, 9.17) is 21.3 Å². The van der Waals surface area contributed by atoms with Gasteiger partial charge < -0.3 is 9.47 Å². The van der Waals surface area contributed by atoms with Crippen molar-refractivity contribution in [1.29, 1.82) is 0 Å². The summed E-state index contributed by atoms with van der Waals surface area (Å²) in [5.74, 6) is 0.291. The van der Waals surface area contributed by atoms with Crippen LogP contribution in [-0.2, 0) is 21.3 Å². The lowest BCUT2D eigenvalue weighted by molar-refractivity contribution is -0.151. The molecule has 0 aromatic heterocycles. The molecule has 0 saturated carbocycles. The van der Waals surface area contributed by atoms with Gasteiger partial charge in [0.25, 0.3) is 0 Å². The molecule has 4 aromatic carbocycles. The standard InChI is InChI=1S/C29H26NO3PS/c1-2-32-29(31)28-26(25-20-12-19-24(27(25)33-28)21-13-6-3-7-14-21)30-34(35,22-15-8-4-9-16-22)23-17-10-5-11-18-23/h3-20,26,28H,2H2,1H3,(H,30,35)/t26-,28+/m1/s1. The summed E-state index contributed by atoms with van der Waals surface area (Å²) in [4.78, 5) is 13.1. The van der Waals surface area contributed by atoms with E-state index >= 15 is 0 Å². The van der Waals surface area contributed by atoms with Crippen LogP contribution in [0.1, 0.15) is 18.5 Å². The van der Waals surface area contributed by atoms with Crippen LogP contribution < -0.4 is 20.4 Å². The largest absolute Gasteiger partial charge is 0.476 e.